The molecule has 0 spiro atoms. The van der Waals surface area contributed by atoms with Crippen molar-refractivity contribution < 1.29 is 5.11 Å². The summed E-state index contributed by atoms with van der Waals surface area (Å²) in [6.07, 6.45) is 0. The summed E-state index contributed by atoms with van der Waals surface area (Å²) in [6, 6.07) is 2.23. The minimum Gasteiger partial charge on any atom is -0.390 e. The molecule has 0 unspecified atom stereocenters. The summed E-state index contributed by atoms with van der Waals surface area (Å²) in [5.74, 6) is 1.06. The molecule has 0 aliphatic carbocycles. The normalized spacial score (nSPS) is 13.8. The zero-order chi connectivity index (χ0) is 14.4. The molecule has 1 N–H and O–H groups in total. The van der Waals surface area contributed by atoms with Gasteiger partial charge in [0.05, 0.1) is 18.0 Å². The molecule has 1 aromatic carbocycles. The first-order valence-electron chi connectivity index (χ1n) is 6.95. The SMILES string of the molecule is Cc1cc(C)c(C)c(-c2nc3n(c2CO)CCS3)c1C. The van der Waals surface area contributed by atoms with E-state index in [0.29, 0.717) is 0 Å². The molecule has 1 aliphatic heterocycles. The molecule has 0 saturated heterocycles. The van der Waals surface area contributed by atoms with Crippen molar-refractivity contribution in [2.75, 3.05) is 5.75 Å². The Balaban J connectivity index is 2.30. The highest BCUT2D eigenvalue weighted by atomic mass is 32.2. The lowest BCUT2D eigenvalue weighted by Crippen LogP contribution is -2.03. The van der Waals surface area contributed by atoms with Crippen molar-refractivity contribution in [2.24, 2.45) is 0 Å². The van der Waals surface area contributed by atoms with Crippen molar-refractivity contribution in [1.82, 2.24) is 9.55 Å². The molecule has 3 nitrogen and oxygen atoms in total. The molecule has 2 heterocycles. The van der Waals surface area contributed by atoms with Gasteiger partial charge in [0.2, 0.25) is 0 Å². The van der Waals surface area contributed by atoms with E-state index in [-0.39, 0.29) is 6.61 Å². The van der Waals surface area contributed by atoms with Crippen molar-refractivity contribution in [1.29, 1.82) is 0 Å². The summed E-state index contributed by atoms with van der Waals surface area (Å²) in [6.45, 7) is 9.58. The maximum Gasteiger partial charge on any atom is 0.168 e. The van der Waals surface area contributed by atoms with E-state index in [4.69, 9.17) is 4.98 Å². The van der Waals surface area contributed by atoms with Gasteiger partial charge in [0.15, 0.2) is 5.16 Å². The van der Waals surface area contributed by atoms with Gasteiger partial charge in [-0.05, 0) is 49.9 Å². The Morgan fingerprint density at radius 1 is 1.20 bits per heavy atom. The summed E-state index contributed by atoms with van der Waals surface area (Å²) in [5.41, 5.74) is 8.24. The number of benzene rings is 1. The van der Waals surface area contributed by atoms with E-state index in [1.165, 1.54) is 27.8 Å². The highest BCUT2D eigenvalue weighted by Crippen LogP contribution is 2.37. The fourth-order valence-electron chi connectivity index (χ4n) is 2.97. The van der Waals surface area contributed by atoms with E-state index in [2.05, 4.69) is 38.3 Å². The third-order valence-electron chi connectivity index (χ3n) is 4.34. The average molecular weight is 288 g/mol. The van der Waals surface area contributed by atoms with Gasteiger partial charge < -0.3 is 9.67 Å². The lowest BCUT2D eigenvalue weighted by atomic mass is 9.91. The molecule has 1 aromatic heterocycles. The van der Waals surface area contributed by atoms with Crippen molar-refractivity contribution in [3.05, 3.63) is 34.0 Å². The van der Waals surface area contributed by atoms with Crippen molar-refractivity contribution in [3.8, 4) is 11.3 Å². The third kappa shape index (κ3) is 1.90. The molecule has 2 aromatic rings. The van der Waals surface area contributed by atoms with Crippen LogP contribution in [0.4, 0.5) is 0 Å². The predicted octanol–water partition coefficient (Wildman–Crippen LogP) is 3.38. The summed E-state index contributed by atoms with van der Waals surface area (Å²) in [4.78, 5) is 4.80. The van der Waals surface area contributed by atoms with E-state index in [1.807, 2.05) is 0 Å². The second-order valence-corrected chi connectivity index (χ2v) is 6.55. The van der Waals surface area contributed by atoms with Crippen LogP contribution in [0, 0.1) is 27.7 Å². The lowest BCUT2D eigenvalue weighted by Gasteiger charge is -2.15. The number of hydrogen-bond acceptors (Lipinski definition) is 3. The summed E-state index contributed by atoms with van der Waals surface area (Å²) in [7, 11) is 0. The van der Waals surface area contributed by atoms with E-state index in [9.17, 15) is 5.11 Å². The number of thioether (sulfide) groups is 1. The Labute approximate surface area is 124 Å². The number of fused-ring (bicyclic) bond motifs is 1. The first-order chi connectivity index (χ1) is 9.54. The van der Waals surface area contributed by atoms with Crippen LogP contribution in [0.15, 0.2) is 11.2 Å². The molecule has 0 atom stereocenters. The van der Waals surface area contributed by atoms with Crippen molar-refractivity contribution in [3.63, 3.8) is 0 Å². The monoisotopic (exact) mass is 288 g/mol. The molecular weight excluding hydrogens is 268 g/mol. The molecule has 1 aliphatic rings. The topological polar surface area (TPSA) is 38.0 Å². The number of imidazole rings is 1. The Hall–Kier alpha value is -1.26. The molecule has 0 amide bonds. The second kappa shape index (κ2) is 4.93. The van der Waals surface area contributed by atoms with Crippen LogP contribution in [0.2, 0.25) is 0 Å². The summed E-state index contributed by atoms with van der Waals surface area (Å²) >= 11 is 1.77. The van der Waals surface area contributed by atoms with Gasteiger partial charge in [0, 0.05) is 17.9 Å². The number of aliphatic hydroxyl groups excluding tert-OH is 1. The van der Waals surface area contributed by atoms with Crippen LogP contribution in [0.25, 0.3) is 11.3 Å². The number of aromatic nitrogens is 2. The van der Waals surface area contributed by atoms with Gasteiger partial charge in [-0.1, -0.05) is 17.8 Å². The van der Waals surface area contributed by atoms with Crippen LogP contribution in [0.3, 0.4) is 0 Å². The third-order valence-corrected chi connectivity index (χ3v) is 5.29. The zero-order valence-corrected chi connectivity index (χ0v) is 13.3. The van der Waals surface area contributed by atoms with E-state index < -0.39 is 0 Å². The van der Waals surface area contributed by atoms with Crippen LogP contribution in [-0.4, -0.2) is 20.4 Å². The molecular formula is C16H20N2OS. The molecule has 20 heavy (non-hydrogen) atoms. The number of rotatable bonds is 2. The molecule has 0 saturated carbocycles. The zero-order valence-electron chi connectivity index (χ0n) is 12.4. The highest BCUT2D eigenvalue weighted by molar-refractivity contribution is 7.99. The van der Waals surface area contributed by atoms with Gasteiger partial charge in [-0.25, -0.2) is 4.98 Å². The van der Waals surface area contributed by atoms with Crippen LogP contribution < -0.4 is 0 Å². The van der Waals surface area contributed by atoms with Gasteiger partial charge in [0.25, 0.3) is 0 Å². The quantitative estimate of drug-likeness (QED) is 0.920. The van der Waals surface area contributed by atoms with Crippen LogP contribution in [-0.2, 0) is 13.2 Å². The van der Waals surface area contributed by atoms with Gasteiger partial charge in [-0.2, -0.15) is 0 Å². The molecule has 106 valence electrons. The van der Waals surface area contributed by atoms with Crippen LogP contribution in [0.1, 0.15) is 27.9 Å². The van der Waals surface area contributed by atoms with Crippen molar-refractivity contribution >= 4 is 11.8 Å². The Bertz CT molecular complexity index is 662. The predicted molar refractivity (Wildman–Crippen MR) is 83.3 cm³/mol. The Morgan fingerprint density at radius 3 is 2.45 bits per heavy atom. The average Bonchev–Trinajstić information content (AvgIpc) is 2.97. The lowest BCUT2D eigenvalue weighted by molar-refractivity contribution is 0.271. The first kappa shape index (κ1) is 13.7. The number of aryl methyl sites for hydroxylation is 2. The second-order valence-electron chi connectivity index (χ2n) is 5.48. The fourth-order valence-corrected chi connectivity index (χ4v) is 3.93. The van der Waals surface area contributed by atoms with E-state index >= 15 is 0 Å². The number of hydrogen-bond donors (Lipinski definition) is 1. The largest absolute Gasteiger partial charge is 0.390 e. The Morgan fingerprint density at radius 2 is 1.85 bits per heavy atom. The number of nitrogens with zero attached hydrogens (tertiary/aromatic N) is 2. The maximum absolute atomic E-state index is 9.78. The summed E-state index contributed by atoms with van der Waals surface area (Å²) in [5, 5.41) is 10.8. The van der Waals surface area contributed by atoms with Gasteiger partial charge in [0.1, 0.15) is 0 Å². The Kier molecular flexibility index (Phi) is 3.38. The molecule has 0 bridgehead atoms. The molecule has 0 radical (unpaired) electrons. The van der Waals surface area contributed by atoms with Gasteiger partial charge in [-0.3, -0.25) is 0 Å². The molecule has 3 rings (SSSR count). The minimum absolute atomic E-state index is 0.0504. The van der Waals surface area contributed by atoms with E-state index in [1.54, 1.807) is 11.8 Å². The highest BCUT2D eigenvalue weighted by Gasteiger charge is 2.24. The fraction of sp³-hybridized carbons (Fsp3) is 0.438. The standard InChI is InChI=1S/C16H20N2OS/c1-9-7-10(2)12(4)14(11(9)3)15-13(8-19)18-5-6-20-16(18)17-15/h7,19H,5-6,8H2,1-4H3. The van der Waals surface area contributed by atoms with Crippen molar-refractivity contribution in [2.45, 2.75) is 46.0 Å². The molecule has 4 heteroatoms. The summed E-state index contributed by atoms with van der Waals surface area (Å²) < 4.78 is 2.16. The minimum atomic E-state index is 0.0504. The van der Waals surface area contributed by atoms with Gasteiger partial charge in [-0.15, -0.1) is 0 Å². The van der Waals surface area contributed by atoms with E-state index in [0.717, 1.165) is 28.8 Å². The smallest absolute Gasteiger partial charge is 0.168 e. The van der Waals surface area contributed by atoms with Crippen LogP contribution >= 0.6 is 11.8 Å². The maximum atomic E-state index is 9.78. The molecule has 0 fully saturated rings. The first-order valence-corrected chi connectivity index (χ1v) is 7.94. The van der Waals surface area contributed by atoms with Gasteiger partial charge >= 0.3 is 0 Å². The van der Waals surface area contributed by atoms with Crippen LogP contribution in [0.5, 0.6) is 0 Å². The number of aliphatic hydroxyl groups is 1.